The second-order valence-electron chi connectivity index (χ2n) is 5.47. The Balaban J connectivity index is 1.58. The molecule has 0 bridgehead atoms. The van der Waals surface area contributed by atoms with Crippen molar-refractivity contribution in [2.75, 3.05) is 29.5 Å². The summed E-state index contributed by atoms with van der Waals surface area (Å²) in [6, 6.07) is 14.9. The van der Waals surface area contributed by atoms with Crippen molar-refractivity contribution in [1.82, 2.24) is 5.32 Å². The second-order valence-corrected chi connectivity index (χ2v) is 6.69. The molecule has 1 amide bonds. The Morgan fingerprint density at radius 2 is 1.78 bits per heavy atom. The summed E-state index contributed by atoms with van der Waals surface area (Å²) < 4.78 is 0. The van der Waals surface area contributed by atoms with Gasteiger partial charge in [0.25, 0.3) is 5.91 Å². The molecule has 0 aromatic heterocycles. The van der Waals surface area contributed by atoms with Crippen LogP contribution >= 0.6 is 11.8 Å². The Bertz CT molecular complexity index is 667. The van der Waals surface area contributed by atoms with E-state index in [0.717, 1.165) is 18.7 Å². The van der Waals surface area contributed by atoms with Crippen LogP contribution in [0.4, 0.5) is 5.69 Å². The lowest BCUT2D eigenvalue weighted by Gasteiger charge is -2.28. The van der Waals surface area contributed by atoms with Gasteiger partial charge in [0.1, 0.15) is 5.75 Å². The van der Waals surface area contributed by atoms with E-state index in [4.69, 9.17) is 0 Å². The standard InChI is InChI=1S/C18H20N2O2S/c21-17-4-2-1-3-16(17)18(22)19-13-14-5-7-15(8-6-14)20-9-11-23-12-10-20/h1-8,21H,9-13H2,(H,19,22). The third kappa shape index (κ3) is 3.99. The van der Waals surface area contributed by atoms with Gasteiger partial charge >= 0.3 is 0 Å². The summed E-state index contributed by atoms with van der Waals surface area (Å²) in [5.74, 6) is 2.10. The average Bonchev–Trinajstić information content (AvgIpc) is 2.61. The minimum Gasteiger partial charge on any atom is -0.507 e. The van der Waals surface area contributed by atoms with E-state index >= 15 is 0 Å². The SMILES string of the molecule is O=C(NCc1ccc(N2CCSCC2)cc1)c1ccccc1O. The fraction of sp³-hybridized carbons (Fsp3) is 0.278. The van der Waals surface area contributed by atoms with E-state index in [1.807, 2.05) is 23.9 Å². The maximum absolute atomic E-state index is 12.1. The number of nitrogens with zero attached hydrogens (tertiary/aromatic N) is 1. The molecule has 0 aliphatic carbocycles. The molecule has 2 aromatic carbocycles. The molecule has 2 aromatic rings. The van der Waals surface area contributed by atoms with Gasteiger partial charge in [0.05, 0.1) is 5.56 Å². The van der Waals surface area contributed by atoms with Gasteiger partial charge in [-0.25, -0.2) is 0 Å². The van der Waals surface area contributed by atoms with Crippen molar-refractivity contribution in [2.24, 2.45) is 0 Å². The topological polar surface area (TPSA) is 52.6 Å². The summed E-state index contributed by atoms with van der Waals surface area (Å²) in [6.07, 6.45) is 0. The van der Waals surface area contributed by atoms with Crippen molar-refractivity contribution in [2.45, 2.75) is 6.54 Å². The van der Waals surface area contributed by atoms with Crippen LogP contribution in [0.5, 0.6) is 5.75 Å². The molecular weight excluding hydrogens is 308 g/mol. The van der Waals surface area contributed by atoms with Crippen LogP contribution in [0.25, 0.3) is 0 Å². The number of nitrogens with one attached hydrogen (secondary N) is 1. The Morgan fingerprint density at radius 3 is 2.48 bits per heavy atom. The number of anilines is 1. The zero-order valence-electron chi connectivity index (χ0n) is 12.9. The highest BCUT2D eigenvalue weighted by Gasteiger charge is 2.12. The molecule has 4 nitrogen and oxygen atoms in total. The summed E-state index contributed by atoms with van der Waals surface area (Å²) in [4.78, 5) is 14.5. The van der Waals surface area contributed by atoms with Crippen molar-refractivity contribution in [3.05, 3.63) is 59.7 Å². The molecule has 0 spiro atoms. The van der Waals surface area contributed by atoms with Crippen LogP contribution in [0.3, 0.4) is 0 Å². The summed E-state index contributed by atoms with van der Waals surface area (Å²) in [7, 11) is 0. The third-order valence-electron chi connectivity index (χ3n) is 3.91. The summed E-state index contributed by atoms with van der Waals surface area (Å²) in [5.41, 5.74) is 2.58. The van der Waals surface area contributed by atoms with Crippen molar-refractivity contribution in [1.29, 1.82) is 0 Å². The summed E-state index contributed by atoms with van der Waals surface area (Å²) in [5, 5.41) is 12.5. The zero-order valence-corrected chi connectivity index (χ0v) is 13.7. The predicted molar refractivity (Wildman–Crippen MR) is 95.3 cm³/mol. The van der Waals surface area contributed by atoms with Gasteiger partial charge in [-0.3, -0.25) is 4.79 Å². The van der Waals surface area contributed by atoms with Crippen LogP contribution in [-0.2, 0) is 6.54 Å². The number of carbonyl (C=O) groups excluding carboxylic acids is 1. The Hall–Kier alpha value is -2.14. The largest absolute Gasteiger partial charge is 0.507 e. The van der Waals surface area contributed by atoms with Crippen LogP contribution in [0, 0.1) is 0 Å². The molecule has 1 aliphatic heterocycles. The van der Waals surface area contributed by atoms with E-state index in [0.29, 0.717) is 12.1 Å². The van der Waals surface area contributed by atoms with Gasteiger partial charge in [0.15, 0.2) is 0 Å². The van der Waals surface area contributed by atoms with Crippen molar-refractivity contribution < 1.29 is 9.90 Å². The molecule has 1 fully saturated rings. The first kappa shape index (κ1) is 15.7. The molecule has 0 radical (unpaired) electrons. The van der Waals surface area contributed by atoms with Crippen molar-refractivity contribution in [3.63, 3.8) is 0 Å². The van der Waals surface area contributed by atoms with E-state index < -0.39 is 0 Å². The monoisotopic (exact) mass is 328 g/mol. The fourth-order valence-corrected chi connectivity index (χ4v) is 3.49. The number of hydrogen-bond acceptors (Lipinski definition) is 4. The predicted octanol–water partition coefficient (Wildman–Crippen LogP) is 2.88. The molecule has 0 saturated carbocycles. The molecule has 0 atom stereocenters. The lowest BCUT2D eigenvalue weighted by Crippen LogP contribution is -2.32. The summed E-state index contributed by atoms with van der Waals surface area (Å²) >= 11 is 2.00. The highest BCUT2D eigenvalue weighted by Crippen LogP contribution is 2.20. The van der Waals surface area contributed by atoms with Gasteiger partial charge in [-0.15, -0.1) is 0 Å². The number of amides is 1. The van der Waals surface area contributed by atoms with E-state index in [9.17, 15) is 9.90 Å². The van der Waals surface area contributed by atoms with E-state index in [-0.39, 0.29) is 11.7 Å². The van der Waals surface area contributed by atoms with Gasteiger partial charge in [0.2, 0.25) is 0 Å². The molecule has 2 N–H and O–H groups in total. The van der Waals surface area contributed by atoms with E-state index in [1.165, 1.54) is 23.3 Å². The molecule has 5 heteroatoms. The molecule has 1 heterocycles. The number of para-hydroxylation sites is 1. The van der Waals surface area contributed by atoms with Gasteiger partial charge in [-0.1, -0.05) is 24.3 Å². The van der Waals surface area contributed by atoms with Crippen LogP contribution in [0.1, 0.15) is 15.9 Å². The normalized spacial score (nSPS) is 14.5. The quantitative estimate of drug-likeness (QED) is 0.906. The minimum absolute atomic E-state index is 0.00307. The smallest absolute Gasteiger partial charge is 0.255 e. The number of thioether (sulfide) groups is 1. The number of rotatable bonds is 4. The summed E-state index contributed by atoms with van der Waals surface area (Å²) in [6.45, 7) is 2.63. The molecule has 23 heavy (non-hydrogen) atoms. The van der Waals surface area contributed by atoms with Gasteiger partial charge < -0.3 is 15.3 Å². The maximum Gasteiger partial charge on any atom is 0.255 e. The number of phenols is 1. The van der Waals surface area contributed by atoms with E-state index in [1.54, 1.807) is 18.2 Å². The first-order chi connectivity index (χ1) is 11.2. The molecule has 1 aliphatic rings. The lowest BCUT2D eigenvalue weighted by atomic mass is 10.1. The van der Waals surface area contributed by atoms with E-state index in [2.05, 4.69) is 22.3 Å². The third-order valence-corrected chi connectivity index (χ3v) is 4.86. The lowest BCUT2D eigenvalue weighted by molar-refractivity contribution is 0.0948. The number of phenolic OH excluding ortho intramolecular Hbond substituents is 1. The van der Waals surface area contributed by atoms with Gasteiger partial charge in [-0.2, -0.15) is 11.8 Å². The maximum atomic E-state index is 12.1. The number of carbonyl (C=O) groups is 1. The Labute approximate surface area is 140 Å². The van der Waals surface area contributed by atoms with Crippen LogP contribution < -0.4 is 10.2 Å². The first-order valence-corrected chi connectivity index (χ1v) is 8.87. The molecule has 120 valence electrons. The zero-order chi connectivity index (χ0) is 16.1. The molecular formula is C18H20N2O2S. The number of hydrogen-bond donors (Lipinski definition) is 2. The Kier molecular flexibility index (Phi) is 5.08. The highest BCUT2D eigenvalue weighted by molar-refractivity contribution is 7.99. The second kappa shape index (κ2) is 7.42. The molecule has 0 unspecified atom stereocenters. The van der Waals surface area contributed by atoms with Crippen molar-refractivity contribution in [3.8, 4) is 5.75 Å². The van der Waals surface area contributed by atoms with Gasteiger partial charge in [0, 0.05) is 36.8 Å². The highest BCUT2D eigenvalue weighted by atomic mass is 32.2. The van der Waals surface area contributed by atoms with Crippen LogP contribution in [0.2, 0.25) is 0 Å². The molecule has 1 saturated heterocycles. The van der Waals surface area contributed by atoms with Gasteiger partial charge in [-0.05, 0) is 29.8 Å². The first-order valence-electron chi connectivity index (χ1n) is 7.72. The van der Waals surface area contributed by atoms with Crippen LogP contribution in [0.15, 0.2) is 48.5 Å². The fourth-order valence-electron chi connectivity index (χ4n) is 2.59. The van der Waals surface area contributed by atoms with Crippen molar-refractivity contribution >= 4 is 23.4 Å². The minimum atomic E-state index is -0.264. The number of benzene rings is 2. The average molecular weight is 328 g/mol. The van der Waals surface area contributed by atoms with Crippen LogP contribution in [-0.4, -0.2) is 35.6 Å². The Morgan fingerprint density at radius 1 is 1.09 bits per heavy atom. The molecule has 3 rings (SSSR count). The number of aromatic hydroxyl groups is 1.